The van der Waals surface area contributed by atoms with Gasteiger partial charge in [0.05, 0.1) is 16.8 Å². The molecule has 2 heterocycles. The highest BCUT2D eigenvalue weighted by Crippen LogP contribution is 2.41. The molecule has 1 aromatic heterocycles. The quantitative estimate of drug-likeness (QED) is 0.393. The van der Waals surface area contributed by atoms with Gasteiger partial charge in [-0.25, -0.2) is 4.98 Å². The molecule has 1 aliphatic rings. The zero-order chi connectivity index (χ0) is 22.1. The molecule has 5 rings (SSSR count). The van der Waals surface area contributed by atoms with Crippen molar-refractivity contribution in [1.82, 2.24) is 4.98 Å². The number of hydrogen-bond donors (Lipinski definition) is 0. The number of Topliss-reactive ketones (excluding diaryl/α,β-unsaturated/α-hetero) is 1. The monoisotopic (exact) mass is 421 g/mol. The molecule has 0 amide bonds. The second kappa shape index (κ2) is 7.97. The van der Waals surface area contributed by atoms with E-state index in [0.29, 0.717) is 17.9 Å². The first kappa shape index (κ1) is 20.0. The summed E-state index contributed by atoms with van der Waals surface area (Å²) in [7, 11) is 0. The molecule has 158 valence electrons. The van der Waals surface area contributed by atoms with Crippen molar-refractivity contribution >= 4 is 28.0 Å². The van der Waals surface area contributed by atoms with Gasteiger partial charge in [-0.15, -0.1) is 0 Å². The van der Waals surface area contributed by atoms with E-state index in [1.807, 2.05) is 84.9 Å². The van der Waals surface area contributed by atoms with E-state index in [0.717, 1.165) is 33.5 Å². The SMILES string of the molecule is CC1(C)OC(c2ccccc2)=C(c2ccc(OCc3ccc4ccccc4n3)cc2)C1=O. The van der Waals surface area contributed by atoms with Crippen molar-refractivity contribution in [1.29, 1.82) is 0 Å². The number of carbonyl (C=O) groups is 1. The molecule has 0 radical (unpaired) electrons. The number of rotatable bonds is 5. The molecule has 0 N–H and O–H groups in total. The fraction of sp³-hybridized carbons (Fsp3) is 0.143. The molecule has 0 unspecified atom stereocenters. The van der Waals surface area contributed by atoms with Crippen molar-refractivity contribution in [2.75, 3.05) is 0 Å². The van der Waals surface area contributed by atoms with Crippen LogP contribution in [0.5, 0.6) is 5.75 Å². The third-order valence-corrected chi connectivity index (χ3v) is 5.58. The van der Waals surface area contributed by atoms with Crippen molar-refractivity contribution in [3.8, 4) is 5.75 Å². The predicted octanol–water partition coefficient (Wildman–Crippen LogP) is 6.06. The highest BCUT2D eigenvalue weighted by molar-refractivity contribution is 6.32. The Morgan fingerprint density at radius 1 is 0.812 bits per heavy atom. The van der Waals surface area contributed by atoms with Crippen LogP contribution in [0.15, 0.2) is 91.0 Å². The largest absolute Gasteiger partial charge is 0.487 e. The van der Waals surface area contributed by atoms with Gasteiger partial charge in [0.1, 0.15) is 18.1 Å². The van der Waals surface area contributed by atoms with Crippen LogP contribution in [0.4, 0.5) is 0 Å². The minimum atomic E-state index is -0.891. The standard InChI is InChI=1S/C28H23NO3/c1-28(2)27(30)25(26(32-28)21-9-4-3-5-10-21)20-13-16-23(17-14-20)31-18-22-15-12-19-8-6-7-11-24(19)29-22/h3-17H,18H2,1-2H3. The summed E-state index contributed by atoms with van der Waals surface area (Å²) in [4.78, 5) is 17.7. The topological polar surface area (TPSA) is 48.4 Å². The van der Waals surface area contributed by atoms with Crippen molar-refractivity contribution in [2.24, 2.45) is 0 Å². The van der Waals surface area contributed by atoms with Gasteiger partial charge in [0.2, 0.25) is 5.78 Å². The average molecular weight is 421 g/mol. The lowest BCUT2D eigenvalue weighted by Gasteiger charge is -2.17. The van der Waals surface area contributed by atoms with Gasteiger partial charge in [0.15, 0.2) is 5.60 Å². The summed E-state index contributed by atoms with van der Waals surface area (Å²) in [5, 5.41) is 1.11. The first-order valence-electron chi connectivity index (χ1n) is 10.6. The Morgan fingerprint density at radius 3 is 2.31 bits per heavy atom. The molecular weight excluding hydrogens is 398 g/mol. The van der Waals surface area contributed by atoms with Crippen molar-refractivity contribution in [2.45, 2.75) is 26.1 Å². The number of hydrogen-bond acceptors (Lipinski definition) is 4. The van der Waals surface area contributed by atoms with Crippen molar-refractivity contribution in [3.05, 3.63) is 108 Å². The van der Waals surface area contributed by atoms with Gasteiger partial charge in [0.25, 0.3) is 0 Å². The van der Waals surface area contributed by atoms with Gasteiger partial charge >= 0.3 is 0 Å². The lowest BCUT2D eigenvalue weighted by atomic mass is 9.92. The van der Waals surface area contributed by atoms with Gasteiger partial charge in [0, 0.05) is 10.9 Å². The van der Waals surface area contributed by atoms with Gasteiger partial charge in [-0.05, 0) is 43.7 Å². The van der Waals surface area contributed by atoms with Crippen LogP contribution in [0, 0.1) is 0 Å². The van der Waals surface area contributed by atoms with E-state index in [9.17, 15) is 4.79 Å². The molecule has 0 saturated carbocycles. The number of ether oxygens (including phenoxy) is 2. The van der Waals surface area contributed by atoms with Gasteiger partial charge in [-0.2, -0.15) is 0 Å². The maximum atomic E-state index is 13.1. The lowest BCUT2D eigenvalue weighted by molar-refractivity contribution is -0.125. The van der Waals surface area contributed by atoms with Crippen LogP contribution in [0.25, 0.3) is 22.2 Å². The van der Waals surface area contributed by atoms with Gasteiger partial charge < -0.3 is 9.47 Å². The number of aromatic nitrogens is 1. The fourth-order valence-electron chi connectivity index (χ4n) is 3.88. The lowest BCUT2D eigenvalue weighted by Crippen LogP contribution is -2.29. The molecule has 0 spiro atoms. The van der Waals surface area contributed by atoms with E-state index < -0.39 is 5.60 Å². The summed E-state index contributed by atoms with van der Waals surface area (Å²) in [6.07, 6.45) is 0. The average Bonchev–Trinajstić information content (AvgIpc) is 3.07. The Balaban J connectivity index is 1.38. The summed E-state index contributed by atoms with van der Waals surface area (Å²) < 4.78 is 12.0. The Bertz CT molecular complexity index is 1320. The smallest absolute Gasteiger partial charge is 0.210 e. The summed E-state index contributed by atoms with van der Waals surface area (Å²) >= 11 is 0. The van der Waals surface area contributed by atoms with Crippen LogP contribution in [-0.2, 0) is 16.1 Å². The second-order valence-electron chi connectivity index (χ2n) is 8.32. The molecule has 32 heavy (non-hydrogen) atoms. The molecule has 0 aliphatic carbocycles. The van der Waals surface area contributed by atoms with Crippen LogP contribution in [-0.4, -0.2) is 16.4 Å². The van der Waals surface area contributed by atoms with Crippen LogP contribution < -0.4 is 4.74 Å². The van der Waals surface area contributed by atoms with Crippen LogP contribution >= 0.6 is 0 Å². The maximum absolute atomic E-state index is 13.1. The Labute approximate surface area is 187 Å². The van der Waals surface area contributed by atoms with Crippen molar-refractivity contribution < 1.29 is 14.3 Å². The molecule has 4 nitrogen and oxygen atoms in total. The zero-order valence-corrected chi connectivity index (χ0v) is 18.0. The van der Waals surface area contributed by atoms with E-state index in [-0.39, 0.29) is 5.78 Å². The Kier molecular flexibility index (Phi) is 4.98. The number of fused-ring (bicyclic) bond motifs is 1. The summed E-state index contributed by atoms with van der Waals surface area (Å²) in [6.45, 7) is 3.98. The number of para-hydroxylation sites is 1. The number of pyridine rings is 1. The van der Waals surface area contributed by atoms with E-state index in [2.05, 4.69) is 11.1 Å². The van der Waals surface area contributed by atoms with E-state index >= 15 is 0 Å². The third-order valence-electron chi connectivity index (χ3n) is 5.58. The number of benzene rings is 3. The molecule has 1 aliphatic heterocycles. The molecule has 0 fully saturated rings. The van der Waals surface area contributed by atoms with Crippen LogP contribution in [0.3, 0.4) is 0 Å². The summed E-state index contributed by atoms with van der Waals surface area (Å²) in [6, 6.07) is 29.4. The number of ketones is 1. The molecule has 3 aromatic carbocycles. The minimum Gasteiger partial charge on any atom is -0.487 e. The molecule has 0 atom stereocenters. The molecular formula is C28H23NO3. The van der Waals surface area contributed by atoms with Crippen LogP contribution in [0.1, 0.15) is 30.7 Å². The van der Waals surface area contributed by atoms with E-state index in [4.69, 9.17) is 9.47 Å². The predicted molar refractivity (Wildman–Crippen MR) is 126 cm³/mol. The Morgan fingerprint density at radius 2 is 1.53 bits per heavy atom. The first-order chi connectivity index (χ1) is 15.5. The third kappa shape index (κ3) is 3.76. The van der Waals surface area contributed by atoms with E-state index in [1.165, 1.54) is 0 Å². The van der Waals surface area contributed by atoms with Gasteiger partial charge in [-0.1, -0.05) is 66.7 Å². The number of nitrogens with zero attached hydrogens (tertiary/aromatic N) is 1. The molecule has 0 saturated heterocycles. The minimum absolute atomic E-state index is 0.0228. The first-order valence-corrected chi connectivity index (χ1v) is 10.6. The fourth-order valence-corrected chi connectivity index (χ4v) is 3.88. The zero-order valence-electron chi connectivity index (χ0n) is 18.0. The second-order valence-corrected chi connectivity index (χ2v) is 8.32. The highest BCUT2D eigenvalue weighted by Gasteiger charge is 2.42. The number of carbonyl (C=O) groups excluding carboxylic acids is 1. The molecule has 4 aromatic rings. The summed E-state index contributed by atoms with van der Waals surface area (Å²) in [5.74, 6) is 1.32. The normalized spacial score (nSPS) is 15.1. The summed E-state index contributed by atoms with van der Waals surface area (Å²) in [5.41, 5.74) is 3.23. The van der Waals surface area contributed by atoms with Crippen molar-refractivity contribution in [3.63, 3.8) is 0 Å². The van der Waals surface area contributed by atoms with Crippen LogP contribution in [0.2, 0.25) is 0 Å². The molecule has 4 heteroatoms. The Hall–Kier alpha value is -3.92. The molecule has 0 bridgehead atoms. The highest BCUT2D eigenvalue weighted by atomic mass is 16.5. The maximum Gasteiger partial charge on any atom is 0.210 e. The van der Waals surface area contributed by atoms with E-state index in [1.54, 1.807) is 13.8 Å². The van der Waals surface area contributed by atoms with Gasteiger partial charge in [-0.3, -0.25) is 4.79 Å².